The highest BCUT2D eigenvalue weighted by atomic mass is 35.5. The van der Waals surface area contributed by atoms with Gasteiger partial charge in [-0.25, -0.2) is 4.39 Å². The Labute approximate surface area is 105 Å². The van der Waals surface area contributed by atoms with E-state index in [4.69, 9.17) is 23.2 Å². The van der Waals surface area contributed by atoms with E-state index in [1.54, 1.807) is 12.1 Å². The topological polar surface area (TPSA) is 12.0 Å². The Morgan fingerprint density at radius 3 is 2.81 bits per heavy atom. The molecule has 1 aliphatic carbocycles. The van der Waals surface area contributed by atoms with Gasteiger partial charge in [0.1, 0.15) is 5.82 Å². The lowest BCUT2D eigenvalue weighted by atomic mass is 10.2. The van der Waals surface area contributed by atoms with Crippen molar-refractivity contribution in [2.24, 2.45) is 5.92 Å². The third-order valence-corrected chi connectivity index (χ3v) is 3.55. The molecule has 0 aromatic heterocycles. The van der Waals surface area contributed by atoms with Crippen LogP contribution in [0.15, 0.2) is 18.2 Å². The molecular formula is C12H14Cl2FN. The molecule has 0 radical (unpaired) electrons. The standard InChI is InChI=1S/C12H14Cl2FN/c13-10-4-3-9(12(15)5-10)6-16-7-11(14)8-1-2-8/h3-5,8,11,16H,1-2,6-7H2. The number of alkyl halides is 1. The van der Waals surface area contributed by atoms with Gasteiger partial charge in [-0.05, 0) is 30.9 Å². The van der Waals surface area contributed by atoms with Crippen molar-refractivity contribution in [2.45, 2.75) is 24.8 Å². The van der Waals surface area contributed by atoms with Crippen molar-refractivity contribution in [3.05, 3.63) is 34.6 Å². The van der Waals surface area contributed by atoms with E-state index in [0.29, 0.717) is 23.0 Å². The summed E-state index contributed by atoms with van der Waals surface area (Å²) in [6.45, 7) is 1.23. The van der Waals surface area contributed by atoms with E-state index in [0.717, 1.165) is 6.54 Å². The first kappa shape index (κ1) is 12.2. The zero-order valence-corrected chi connectivity index (χ0v) is 10.4. The van der Waals surface area contributed by atoms with E-state index in [1.807, 2.05) is 0 Å². The molecular weight excluding hydrogens is 248 g/mol. The fraction of sp³-hybridized carbons (Fsp3) is 0.500. The number of halogens is 3. The largest absolute Gasteiger partial charge is 0.311 e. The highest BCUT2D eigenvalue weighted by Gasteiger charge is 2.29. The van der Waals surface area contributed by atoms with Crippen LogP contribution < -0.4 is 5.32 Å². The van der Waals surface area contributed by atoms with E-state index >= 15 is 0 Å². The summed E-state index contributed by atoms with van der Waals surface area (Å²) in [5.41, 5.74) is 0.629. The van der Waals surface area contributed by atoms with Crippen molar-refractivity contribution in [3.63, 3.8) is 0 Å². The lowest BCUT2D eigenvalue weighted by Crippen LogP contribution is -2.24. The summed E-state index contributed by atoms with van der Waals surface area (Å²) in [4.78, 5) is 0. The van der Waals surface area contributed by atoms with Gasteiger partial charge in [-0.1, -0.05) is 17.7 Å². The van der Waals surface area contributed by atoms with Crippen LogP contribution >= 0.6 is 23.2 Å². The summed E-state index contributed by atoms with van der Waals surface area (Å²) >= 11 is 11.8. The summed E-state index contributed by atoms with van der Waals surface area (Å²) in [5, 5.41) is 3.77. The Balaban J connectivity index is 1.80. The van der Waals surface area contributed by atoms with Gasteiger partial charge in [-0.15, -0.1) is 11.6 Å². The Bertz CT molecular complexity index is 366. The van der Waals surface area contributed by atoms with Gasteiger partial charge in [0.15, 0.2) is 0 Å². The number of hydrogen-bond acceptors (Lipinski definition) is 1. The number of rotatable bonds is 5. The van der Waals surface area contributed by atoms with Crippen molar-refractivity contribution in [3.8, 4) is 0 Å². The van der Waals surface area contributed by atoms with Crippen molar-refractivity contribution in [1.29, 1.82) is 0 Å². The van der Waals surface area contributed by atoms with Gasteiger partial charge in [-0.2, -0.15) is 0 Å². The molecule has 0 spiro atoms. The number of hydrogen-bond donors (Lipinski definition) is 1. The second kappa shape index (κ2) is 5.35. The van der Waals surface area contributed by atoms with E-state index in [-0.39, 0.29) is 11.2 Å². The fourth-order valence-electron chi connectivity index (χ4n) is 1.63. The third-order valence-electron chi connectivity index (χ3n) is 2.80. The average molecular weight is 262 g/mol. The van der Waals surface area contributed by atoms with Crippen LogP contribution in [0.25, 0.3) is 0 Å². The molecule has 16 heavy (non-hydrogen) atoms. The summed E-state index contributed by atoms with van der Waals surface area (Å²) in [6, 6.07) is 4.73. The van der Waals surface area contributed by atoms with E-state index in [1.165, 1.54) is 18.9 Å². The molecule has 1 aromatic carbocycles. The van der Waals surface area contributed by atoms with Crippen LogP contribution in [0.5, 0.6) is 0 Å². The van der Waals surface area contributed by atoms with Crippen molar-refractivity contribution in [1.82, 2.24) is 5.32 Å². The molecule has 2 rings (SSSR count). The van der Waals surface area contributed by atoms with Gasteiger partial charge in [0.25, 0.3) is 0 Å². The molecule has 0 bridgehead atoms. The second-order valence-corrected chi connectivity index (χ2v) is 5.22. The lowest BCUT2D eigenvalue weighted by molar-refractivity contribution is 0.574. The van der Waals surface area contributed by atoms with Gasteiger partial charge >= 0.3 is 0 Å². The normalized spacial score (nSPS) is 17.4. The first-order valence-electron chi connectivity index (χ1n) is 5.45. The maximum atomic E-state index is 13.4. The molecule has 1 atom stereocenters. The molecule has 1 fully saturated rings. The van der Waals surface area contributed by atoms with E-state index in [2.05, 4.69) is 5.32 Å². The summed E-state index contributed by atoms with van der Waals surface area (Å²) in [5.74, 6) is 0.391. The van der Waals surface area contributed by atoms with Crippen LogP contribution in [0.3, 0.4) is 0 Å². The first-order valence-corrected chi connectivity index (χ1v) is 6.27. The van der Waals surface area contributed by atoms with Crippen LogP contribution in [0.2, 0.25) is 5.02 Å². The maximum Gasteiger partial charge on any atom is 0.129 e. The van der Waals surface area contributed by atoms with Gasteiger partial charge < -0.3 is 5.32 Å². The minimum absolute atomic E-state index is 0.176. The molecule has 1 nitrogen and oxygen atoms in total. The number of nitrogens with one attached hydrogen (secondary N) is 1. The average Bonchev–Trinajstić information content (AvgIpc) is 3.04. The Hall–Kier alpha value is -0.310. The molecule has 4 heteroatoms. The predicted octanol–water partition coefficient (Wildman–Crippen LogP) is 3.59. The zero-order valence-electron chi connectivity index (χ0n) is 8.85. The monoisotopic (exact) mass is 261 g/mol. The number of benzene rings is 1. The molecule has 88 valence electrons. The molecule has 0 aliphatic heterocycles. The summed E-state index contributed by atoms with van der Waals surface area (Å²) in [7, 11) is 0. The molecule has 0 saturated heterocycles. The van der Waals surface area contributed by atoms with Gasteiger partial charge in [0, 0.05) is 29.1 Å². The van der Waals surface area contributed by atoms with Gasteiger partial charge in [0.05, 0.1) is 0 Å². The Morgan fingerprint density at radius 1 is 1.44 bits per heavy atom. The summed E-state index contributed by atoms with van der Waals surface area (Å²) in [6.07, 6.45) is 2.45. The highest BCUT2D eigenvalue weighted by molar-refractivity contribution is 6.30. The lowest BCUT2D eigenvalue weighted by Gasteiger charge is -2.10. The molecule has 1 N–H and O–H groups in total. The molecule has 1 aromatic rings. The molecule has 0 amide bonds. The molecule has 1 saturated carbocycles. The van der Waals surface area contributed by atoms with Gasteiger partial charge in [-0.3, -0.25) is 0 Å². The van der Waals surface area contributed by atoms with E-state index < -0.39 is 0 Å². The van der Waals surface area contributed by atoms with Crippen molar-refractivity contribution in [2.75, 3.05) is 6.54 Å². The van der Waals surface area contributed by atoms with Crippen LogP contribution in [-0.2, 0) is 6.54 Å². The SMILES string of the molecule is Fc1cc(Cl)ccc1CNCC(Cl)C1CC1. The van der Waals surface area contributed by atoms with Crippen LogP contribution in [0, 0.1) is 11.7 Å². The smallest absolute Gasteiger partial charge is 0.129 e. The van der Waals surface area contributed by atoms with E-state index in [9.17, 15) is 4.39 Å². The Kier molecular flexibility index (Phi) is 4.06. The van der Waals surface area contributed by atoms with Crippen LogP contribution in [0.1, 0.15) is 18.4 Å². The third kappa shape index (κ3) is 3.34. The molecule has 0 heterocycles. The van der Waals surface area contributed by atoms with Crippen molar-refractivity contribution < 1.29 is 4.39 Å². The predicted molar refractivity (Wildman–Crippen MR) is 65.5 cm³/mol. The highest BCUT2D eigenvalue weighted by Crippen LogP contribution is 2.35. The summed E-state index contributed by atoms with van der Waals surface area (Å²) < 4.78 is 13.4. The minimum atomic E-state index is -0.266. The minimum Gasteiger partial charge on any atom is -0.311 e. The zero-order chi connectivity index (χ0) is 11.5. The maximum absolute atomic E-state index is 13.4. The Morgan fingerprint density at radius 2 is 2.19 bits per heavy atom. The van der Waals surface area contributed by atoms with Crippen LogP contribution in [-0.4, -0.2) is 11.9 Å². The first-order chi connectivity index (χ1) is 7.66. The second-order valence-electron chi connectivity index (χ2n) is 4.22. The molecule has 1 unspecified atom stereocenters. The van der Waals surface area contributed by atoms with Gasteiger partial charge in [0.2, 0.25) is 0 Å². The quantitative estimate of drug-likeness (QED) is 0.799. The van der Waals surface area contributed by atoms with Crippen molar-refractivity contribution >= 4 is 23.2 Å². The van der Waals surface area contributed by atoms with Crippen LogP contribution in [0.4, 0.5) is 4.39 Å². The molecule has 1 aliphatic rings. The fourth-order valence-corrected chi connectivity index (χ4v) is 2.15.